The average molecular weight is 360 g/mol. The van der Waals surface area contributed by atoms with E-state index in [2.05, 4.69) is 0 Å². The predicted octanol–water partition coefficient (Wildman–Crippen LogP) is 0.278. The highest BCUT2D eigenvalue weighted by atomic mass is 32.2. The van der Waals surface area contributed by atoms with E-state index in [1.54, 1.807) is 18.2 Å². The maximum absolute atomic E-state index is 12.8. The van der Waals surface area contributed by atoms with E-state index < -0.39 is 20.0 Å². The van der Waals surface area contributed by atoms with Crippen LogP contribution in [-0.2, 0) is 26.5 Å². The Labute approximate surface area is 136 Å². The molecule has 2 aliphatic heterocycles. The van der Waals surface area contributed by atoms with Crippen LogP contribution in [0, 0.1) is 0 Å². The summed E-state index contributed by atoms with van der Waals surface area (Å²) in [6, 6.07) is 4.91. The molecule has 128 valence electrons. The van der Waals surface area contributed by atoms with Crippen molar-refractivity contribution in [2.75, 3.05) is 39.0 Å². The number of hydrogen-bond donors (Lipinski definition) is 0. The first-order valence-corrected chi connectivity index (χ1v) is 10.8. The third kappa shape index (κ3) is 3.37. The third-order valence-electron chi connectivity index (χ3n) is 4.18. The highest BCUT2D eigenvalue weighted by Crippen LogP contribution is 2.29. The summed E-state index contributed by atoms with van der Waals surface area (Å²) in [6.07, 6.45) is 2.35. The lowest BCUT2D eigenvalue weighted by Gasteiger charge is -2.21. The molecule has 0 atom stereocenters. The molecule has 2 heterocycles. The molecule has 0 amide bonds. The van der Waals surface area contributed by atoms with Gasteiger partial charge in [0, 0.05) is 32.6 Å². The Kier molecular flexibility index (Phi) is 4.39. The number of rotatable bonds is 3. The van der Waals surface area contributed by atoms with E-state index in [0.717, 1.165) is 17.6 Å². The van der Waals surface area contributed by atoms with Crippen molar-refractivity contribution >= 4 is 20.0 Å². The Hall–Kier alpha value is -1.16. The van der Waals surface area contributed by atoms with Crippen LogP contribution in [0.25, 0.3) is 0 Å². The normalized spacial score (nSPS) is 20.7. The van der Waals surface area contributed by atoms with Gasteiger partial charge in [-0.15, -0.1) is 0 Å². The molecule has 1 aromatic rings. The van der Waals surface area contributed by atoms with Gasteiger partial charge in [0.2, 0.25) is 20.0 Å². The van der Waals surface area contributed by atoms with Crippen LogP contribution in [-0.4, -0.2) is 64.5 Å². The van der Waals surface area contributed by atoms with Crippen LogP contribution in [0.15, 0.2) is 23.1 Å². The molecular formula is C14H20N2O5S2. The summed E-state index contributed by atoms with van der Waals surface area (Å²) in [6.45, 7) is 1.60. The van der Waals surface area contributed by atoms with Crippen LogP contribution in [0.1, 0.15) is 12.0 Å². The van der Waals surface area contributed by atoms with Crippen molar-refractivity contribution in [3.05, 3.63) is 23.8 Å². The van der Waals surface area contributed by atoms with Gasteiger partial charge in [-0.25, -0.2) is 21.1 Å². The Morgan fingerprint density at radius 2 is 1.70 bits per heavy atom. The van der Waals surface area contributed by atoms with Crippen LogP contribution in [0.3, 0.4) is 0 Å². The zero-order valence-electron chi connectivity index (χ0n) is 12.9. The van der Waals surface area contributed by atoms with Crippen LogP contribution >= 0.6 is 0 Å². The fraction of sp³-hybridized carbons (Fsp3) is 0.571. The fourth-order valence-corrected chi connectivity index (χ4v) is 5.31. The van der Waals surface area contributed by atoms with Crippen LogP contribution in [0.2, 0.25) is 0 Å². The molecule has 0 spiro atoms. The number of fused-ring (bicyclic) bond motifs is 1. The van der Waals surface area contributed by atoms with Crippen molar-refractivity contribution in [3.63, 3.8) is 0 Å². The lowest BCUT2D eigenvalue weighted by molar-refractivity contribution is 0.356. The number of sulfonamides is 2. The fourth-order valence-electron chi connectivity index (χ4n) is 2.91. The molecule has 1 aromatic carbocycles. The van der Waals surface area contributed by atoms with Crippen LogP contribution in [0.5, 0.6) is 5.75 Å². The van der Waals surface area contributed by atoms with Crippen molar-refractivity contribution in [1.29, 1.82) is 0 Å². The van der Waals surface area contributed by atoms with E-state index in [-0.39, 0.29) is 18.0 Å². The first-order chi connectivity index (χ1) is 10.8. The van der Waals surface area contributed by atoms with Gasteiger partial charge in [0.15, 0.2) is 0 Å². The molecule has 2 aliphatic rings. The van der Waals surface area contributed by atoms with Crippen molar-refractivity contribution in [3.8, 4) is 5.75 Å². The average Bonchev–Trinajstić information content (AvgIpc) is 2.78. The van der Waals surface area contributed by atoms with E-state index in [4.69, 9.17) is 4.74 Å². The van der Waals surface area contributed by atoms with Crippen molar-refractivity contribution in [2.45, 2.75) is 17.7 Å². The zero-order valence-corrected chi connectivity index (χ0v) is 14.6. The molecule has 0 N–H and O–H groups in total. The molecule has 0 radical (unpaired) electrons. The molecular weight excluding hydrogens is 340 g/mol. The van der Waals surface area contributed by atoms with Gasteiger partial charge < -0.3 is 4.74 Å². The molecule has 0 unspecified atom stereocenters. The molecule has 0 aliphatic carbocycles. The minimum atomic E-state index is -3.62. The van der Waals surface area contributed by atoms with Gasteiger partial charge in [-0.3, -0.25) is 0 Å². The number of ether oxygens (including phenoxy) is 1. The molecule has 0 bridgehead atoms. The Morgan fingerprint density at radius 3 is 2.43 bits per heavy atom. The summed E-state index contributed by atoms with van der Waals surface area (Å²) < 4.78 is 57.0. The Morgan fingerprint density at radius 1 is 1.00 bits per heavy atom. The van der Waals surface area contributed by atoms with Gasteiger partial charge in [-0.2, -0.15) is 4.31 Å². The number of hydrogen-bond acceptors (Lipinski definition) is 5. The highest BCUT2D eigenvalue weighted by Gasteiger charge is 2.30. The van der Waals surface area contributed by atoms with Crippen molar-refractivity contribution in [1.82, 2.24) is 8.61 Å². The number of benzene rings is 1. The Balaban J connectivity index is 1.83. The van der Waals surface area contributed by atoms with Gasteiger partial charge in [0.05, 0.1) is 17.8 Å². The second-order valence-electron chi connectivity index (χ2n) is 5.79. The summed E-state index contributed by atoms with van der Waals surface area (Å²) in [5.74, 6) is 0.739. The van der Waals surface area contributed by atoms with Crippen LogP contribution < -0.4 is 4.74 Å². The molecule has 1 fully saturated rings. The van der Waals surface area contributed by atoms with Gasteiger partial charge in [-0.05, 0) is 30.2 Å². The smallest absolute Gasteiger partial charge is 0.243 e. The summed E-state index contributed by atoms with van der Waals surface area (Å²) in [7, 11) is -6.92. The van der Waals surface area contributed by atoms with Crippen molar-refractivity contribution < 1.29 is 21.6 Å². The standard InChI is InChI=1S/C14H20N2O5S2/c1-22(17,18)15-6-2-7-16(9-8-15)23(19,20)13-3-4-14-12(11-13)5-10-21-14/h3-4,11H,2,5-10H2,1H3. The summed E-state index contributed by atoms with van der Waals surface area (Å²) in [4.78, 5) is 0.245. The van der Waals surface area contributed by atoms with E-state index >= 15 is 0 Å². The minimum absolute atomic E-state index is 0.170. The maximum Gasteiger partial charge on any atom is 0.243 e. The zero-order chi connectivity index (χ0) is 16.7. The lowest BCUT2D eigenvalue weighted by atomic mass is 10.2. The number of nitrogens with zero attached hydrogens (tertiary/aromatic N) is 2. The first-order valence-electron chi connectivity index (χ1n) is 7.49. The first kappa shape index (κ1) is 16.7. The quantitative estimate of drug-likeness (QED) is 0.773. The Bertz CT molecular complexity index is 804. The van der Waals surface area contributed by atoms with E-state index in [1.807, 2.05) is 0 Å². The predicted molar refractivity (Wildman–Crippen MR) is 85.4 cm³/mol. The summed E-state index contributed by atoms with van der Waals surface area (Å²) >= 11 is 0. The molecule has 7 nitrogen and oxygen atoms in total. The maximum atomic E-state index is 12.8. The largest absolute Gasteiger partial charge is 0.493 e. The van der Waals surface area contributed by atoms with Crippen molar-refractivity contribution in [2.24, 2.45) is 0 Å². The van der Waals surface area contributed by atoms with Gasteiger partial charge in [0.25, 0.3) is 0 Å². The summed E-state index contributed by atoms with van der Waals surface area (Å²) in [5, 5.41) is 0. The van der Waals surface area contributed by atoms with Gasteiger partial charge in [0.1, 0.15) is 5.75 Å². The molecule has 3 rings (SSSR count). The minimum Gasteiger partial charge on any atom is -0.493 e. The van der Waals surface area contributed by atoms with E-state index in [9.17, 15) is 16.8 Å². The monoisotopic (exact) mass is 360 g/mol. The summed E-state index contributed by atoms with van der Waals surface area (Å²) in [5.41, 5.74) is 0.902. The topological polar surface area (TPSA) is 84.0 Å². The second kappa shape index (κ2) is 6.04. The third-order valence-corrected chi connectivity index (χ3v) is 7.38. The molecule has 0 saturated carbocycles. The molecule has 23 heavy (non-hydrogen) atoms. The van der Waals surface area contributed by atoms with E-state index in [0.29, 0.717) is 32.5 Å². The van der Waals surface area contributed by atoms with Crippen LogP contribution in [0.4, 0.5) is 0 Å². The molecule has 0 aromatic heterocycles. The SMILES string of the molecule is CS(=O)(=O)N1CCCN(S(=O)(=O)c2ccc3c(c2)CCO3)CC1. The second-order valence-corrected chi connectivity index (χ2v) is 9.71. The molecule has 9 heteroatoms. The molecule has 1 saturated heterocycles. The highest BCUT2D eigenvalue weighted by molar-refractivity contribution is 7.89. The lowest BCUT2D eigenvalue weighted by Crippen LogP contribution is -2.36. The van der Waals surface area contributed by atoms with Gasteiger partial charge >= 0.3 is 0 Å². The van der Waals surface area contributed by atoms with Gasteiger partial charge in [-0.1, -0.05) is 0 Å². The van der Waals surface area contributed by atoms with E-state index in [1.165, 1.54) is 8.61 Å².